The first-order valence-electron chi connectivity index (χ1n) is 4.00. The molecule has 86 valence electrons. The molecule has 0 aliphatic carbocycles. The smallest absolute Gasteiger partial charge is 0.305 e. The van der Waals surface area contributed by atoms with Gasteiger partial charge in [-0.3, -0.25) is 19.3 Å². The third-order valence-electron chi connectivity index (χ3n) is 1.88. The molecule has 0 aromatic rings. The van der Waals surface area contributed by atoms with Gasteiger partial charge in [0.05, 0.1) is 6.42 Å². The van der Waals surface area contributed by atoms with Gasteiger partial charge < -0.3 is 9.90 Å². The van der Waals surface area contributed by atoms with Crippen molar-refractivity contribution >= 4 is 55.9 Å². The molecule has 0 aromatic carbocycles. The molecule has 1 rings (SSSR count). The van der Waals surface area contributed by atoms with Crippen molar-refractivity contribution in [3.63, 3.8) is 0 Å². The fourth-order valence-corrected chi connectivity index (χ4v) is 1.89. The van der Waals surface area contributed by atoms with Gasteiger partial charge in [0.25, 0.3) is 11.8 Å². The Morgan fingerprint density at radius 3 is 2.06 bits per heavy atom. The normalized spacial score (nSPS) is 18.0. The van der Waals surface area contributed by atoms with Crippen LogP contribution >= 0.6 is 31.9 Å². The summed E-state index contributed by atoms with van der Waals surface area (Å²) >= 11 is 5.74. The number of hydrogen-bond acceptors (Lipinski definition) is 4. The van der Waals surface area contributed by atoms with Crippen LogP contribution in [0.4, 0.5) is 0 Å². The minimum atomic E-state index is -1.29. The largest absolute Gasteiger partial charge is 0.481 e. The van der Waals surface area contributed by atoms with Gasteiger partial charge >= 0.3 is 5.97 Å². The van der Waals surface area contributed by atoms with Gasteiger partial charge in [-0.05, 0) is 31.9 Å². The lowest BCUT2D eigenvalue weighted by Gasteiger charge is -2.19. The Bertz CT molecular complexity index is 393. The molecule has 1 heterocycles. The zero-order valence-electron chi connectivity index (χ0n) is 7.65. The van der Waals surface area contributed by atoms with E-state index in [0.29, 0.717) is 4.90 Å². The lowest BCUT2D eigenvalue weighted by Crippen LogP contribution is -2.43. The number of rotatable bonds is 4. The monoisotopic (exact) mass is 353 g/mol. The summed E-state index contributed by atoms with van der Waals surface area (Å²) in [4.78, 5) is 44.8. The van der Waals surface area contributed by atoms with Crippen LogP contribution in [0.1, 0.15) is 6.42 Å². The fraction of sp³-hybridized carbons (Fsp3) is 0.250. The van der Waals surface area contributed by atoms with E-state index in [1.54, 1.807) is 0 Å². The predicted octanol–water partition coefficient (Wildman–Crippen LogP) is 0.399. The maximum Gasteiger partial charge on any atom is 0.305 e. The van der Waals surface area contributed by atoms with Crippen molar-refractivity contribution in [1.82, 2.24) is 4.90 Å². The van der Waals surface area contributed by atoms with E-state index in [-0.39, 0.29) is 15.3 Å². The number of amides is 2. The fourth-order valence-electron chi connectivity index (χ4n) is 1.17. The van der Waals surface area contributed by atoms with Crippen molar-refractivity contribution in [2.24, 2.45) is 0 Å². The maximum atomic E-state index is 11.5. The number of carboxylic acids is 1. The Labute approximate surface area is 107 Å². The van der Waals surface area contributed by atoms with Gasteiger partial charge in [-0.25, -0.2) is 0 Å². The Morgan fingerprint density at radius 1 is 1.31 bits per heavy atom. The van der Waals surface area contributed by atoms with Crippen LogP contribution in [0.25, 0.3) is 0 Å². The maximum absolute atomic E-state index is 11.5. The van der Waals surface area contributed by atoms with Gasteiger partial charge in [-0.15, -0.1) is 0 Å². The number of imide groups is 1. The third-order valence-corrected chi connectivity index (χ3v) is 3.88. The van der Waals surface area contributed by atoms with Gasteiger partial charge in [0.15, 0.2) is 0 Å². The molecule has 16 heavy (non-hydrogen) atoms. The molecule has 6 nitrogen and oxygen atoms in total. The summed E-state index contributed by atoms with van der Waals surface area (Å²) in [6.07, 6.45) is -0.350. The highest BCUT2D eigenvalue weighted by molar-refractivity contribution is 9.14. The molecule has 1 unspecified atom stereocenters. The van der Waals surface area contributed by atoms with Crippen molar-refractivity contribution in [2.75, 3.05) is 0 Å². The van der Waals surface area contributed by atoms with Crippen molar-refractivity contribution in [3.05, 3.63) is 8.96 Å². The van der Waals surface area contributed by atoms with E-state index in [1.165, 1.54) is 0 Å². The molecule has 0 spiro atoms. The van der Waals surface area contributed by atoms with E-state index < -0.39 is 30.2 Å². The molecule has 0 bridgehead atoms. The Balaban J connectivity index is 2.99. The van der Waals surface area contributed by atoms with Crippen LogP contribution in [0, 0.1) is 0 Å². The topological polar surface area (TPSA) is 91.8 Å². The summed E-state index contributed by atoms with van der Waals surface area (Å²) in [5.74, 6) is -2.72. The molecule has 0 saturated heterocycles. The summed E-state index contributed by atoms with van der Waals surface area (Å²) in [6.45, 7) is 0. The quantitative estimate of drug-likeness (QED) is 0.582. The first-order valence-corrected chi connectivity index (χ1v) is 5.59. The first-order chi connectivity index (χ1) is 7.40. The zero-order valence-corrected chi connectivity index (χ0v) is 10.8. The van der Waals surface area contributed by atoms with Crippen LogP contribution < -0.4 is 0 Å². The van der Waals surface area contributed by atoms with Crippen LogP contribution in [0.2, 0.25) is 0 Å². The van der Waals surface area contributed by atoms with Crippen LogP contribution in [0.5, 0.6) is 0 Å². The molecule has 0 fully saturated rings. The van der Waals surface area contributed by atoms with Crippen molar-refractivity contribution in [1.29, 1.82) is 0 Å². The molecule has 2 amide bonds. The highest BCUT2D eigenvalue weighted by Gasteiger charge is 2.40. The lowest BCUT2D eigenvalue weighted by atomic mass is 10.2. The summed E-state index contributed by atoms with van der Waals surface area (Å²) < 4.78 is -0.0375. The molecular weight excluding hydrogens is 350 g/mol. The van der Waals surface area contributed by atoms with Crippen molar-refractivity contribution in [2.45, 2.75) is 12.5 Å². The number of aliphatic carboxylic acids is 1. The summed E-state index contributed by atoms with van der Waals surface area (Å²) in [5.41, 5.74) is 0. The van der Waals surface area contributed by atoms with Crippen LogP contribution in [-0.2, 0) is 19.2 Å². The molecule has 1 aliphatic rings. The molecular formula is C8H5Br2NO5. The number of nitrogens with zero attached hydrogens (tertiary/aromatic N) is 1. The van der Waals surface area contributed by atoms with Crippen molar-refractivity contribution < 1.29 is 24.3 Å². The molecule has 8 heteroatoms. The Morgan fingerprint density at radius 2 is 1.75 bits per heavy atom. The average Bonchev–Trinajstić information content (AvgIpc) is 2.41. The number of carbonyl (C=O) groups is 4. The van der Waals surface area contributed by atoms with Crippen molar-refractivity contribution in [3.8, 4) is 0 Å². The minimum absolute atomic E-state index is 0.0188. The highest BCUT2D eigenvalue weighted by atomic mass is 79.9. The SMILES string of the molecule is O=CC(CC(=O)O)N1C(=O)C(Br)=C(Br)C1=O. The van der Waals surface area contributed by atoms with E-state index in [4.69, 9.17) is 5.11 Å². The van der Waals surface area contributed by atoms with Crippen LogP contribution in [0.3, 0.4) is 0 Å². The predicted molar refractivity (Wildman–Crippen MR) is 58.8 cm³/mol. The van der Waals surface area contributed by atoms with Crippen LogP contribution in [0.15, 0.2) is 8.96 Å². The molecule has 0 aromatic heterocycles. The van der Waals surface area contributed by atoms with Gasteiger partial charge in [-0.1, -0.05) is 0 Å². The molecule has 0 saturated carbocycles. The standard InChI is InChI=1S/C8H5Br2NO5/c9-5-6(10)8(16)11(7(5)15)3(2-12)1-4(13)14/h2-3H,1H2,(H,13,14). The summed E-state index contributed by atoms with van der Waals surface area (Å²) in [5, 5.41) is 8.53. The van der Waals surface area contributed by atoms with E-state index in [9.17, 15) is 19.2 Å². The summed E-state index contributed by atoms with van der Waals surface area (Å²) in [7, 11) is 0. The molecule has 1 atom stereocenters. The Kier molecular flexibility index (Phi) is 3.98. The van der Waals surface area contributed by atoms with E-state index >= 15 is 0 Å². The zero-order chi connectivity index (χ0) is 12.5. The van der Waals surface area contributed by atoms with Gasteiger partial charge in [-0.2, -0.15) is 0 Å². The second-order valence-electron chi connectivity index (χ2n) is 2.91. The molecule has 1 aliphatic heterocycles. The Hall–Kier alpha value is -1.02. The van der Waals surface area contributed by atoms with Gasteiger partial charge in [0.1, 0.15) is 21.3 Å². The lowest BCUT2D eigenvalue weighted by molar-refractivity contribution is -0.146. The number of halogens is 2. The van der Waals surface area contributed by atoms with E-state index in [0.717, 1.165) is 0 Å². The number of hydrogen-bond donors (Lipinski definition) is 1. The minimum Gasteiger partial charge on any atom is -0.481 e. The second-order valence-corrected chi connectivity index (χ2v) is 4.50. The van der Waals surface area contributed by atoms with Crippen LogP contribution in [-0.4, -0.2) is 40.1 Å². The number of aldehydes is 1. The molecule has 1 N–H and O–H groups in total. The highest BCUT2D eigenvalue weighted by Crippen LogP contribution is 2.30. The van der Waals surface area contributed by atoms with Gasteiger partial charge in [0, 0.05) is 0 Å². The summed E-state index contributed by atoms with van der Waals surface area (Å²) in [6, 6.07) is -1.29. The molecule has 0 radical (unpaired) electrons. The van der Waals surface area contributed by atoms with E-state index in [1.807, 2.05) is 0 Å². The number of carbonyl (C=O) groups excluding carboxylic acids is 3. The first kappa shape index (κ1) is 13.0. The average molecular weight is 355 g/mol. The third kappa shape index (κ3) is 2.22. The number of carboxylic acid groups (broad SMARTS) is 1. The second kappa shape index (κ2) is 4.88. The van der Waals surface area contributed by atoms with Gasteiger partial charge in [0.2, 0.25) is 0 Å². The van der Waals surface area contributed by atoms with E-state index in [2.05, 4.69) is 31.9 Å².